The minimum absolute atomic E-state index is 0.415. The second-order valence-corrected chi connectivity index (χ2v) is 18.7. The van der Waals surface area contributed by atoms with E-state index in [-0.39, 0.29) is 0 Å². The lowest BCUT2D eigenvalue weighted by Gasteiger charge is -2.30. The third-order valence-corrected chi connectivity index (χ3v) is 15.1. The molecule has 11 aromatic carbocycles. The van der Waals surface area contributed by atoms with Gasteiger partial charge in [0.1, 0.15) is 22.3 Å². The Morgan fingerprint density at radius 3 is 1.26 bits per heavy atom. The van der Waals surface area contributed by atoms with Gasteiger partial charge in [0.25, 0.3) is 0 Å². The molecule has 0 atom stereocenters. The van der Waals surface area contributed by atoms with Gasteiger partial charge < -0.3 is 13.7 Å². The van der Waals surface area contributed by atoms with E-state index in [2.05, 4.69) is 229 Å². The predicted octanol–water partition coefficient (Wildman–Crippen LogP) is 18.3. The minimum atomic E-state index is -0.415. The van der Waals surface area contributed by atoms with Crippen molar-refractivity contribution in [3.63, 3.8) is 0 Å². The molecule has 0 fully saturated rings. The molecule has 0 saturated carbocycles. The Morgan fingerprint density at radius 2 is 0.686 bits per heavy atom. The van der Waals surface area contributed by atoms with Gasteiger partial charge in [-0.2, -0.15) is 0 Å². The zero-order valence-electron chi connectivity index (χ0n) is 37.9. The molecule has 1 spiro atoms. The Labute approximate surface area is 404 Å². The van der Waals surface area contributed by atoms with E-state index in [0.29, 0.717) is 0 Å². The lowest BCUT2D eigenvalue weighted by Crippen LogP contribution is -2.25. The van der Waals surface area contributed by atoms with Gasteiger partial charge in [-0.15, -0.1) is 0 Å². The van der Waals surface area contributed by atoms with Crippen LogP contribution in [0, 0.1) is 0 Å². The monoisotopic (exact) mass is 891 g/mol. The van der Waals surface area contributed by atoms with E-state index in [1.807, 2.05) is 24.3 Å². The molecule has 15 rings (SSSR count). The van der Waals surface area contributed by atoms with Crippen LogP contribution in [0.15, 0.2) is 258 Å². The maximum absolute atomic E-state index is 6.50. The molecular formula is C67H41NO2. The summed E-state index contributed by atoms with van der Waals surface area (Å²) in [5, 5.41) is 4.50. The van der Waals surface area contributed by atoms with Crippen molar-refractivity contribution in [1.82, 2.24) is 0 Å². The summed E-state index contributed by atoms with van der Waals surface area (Å²) >= 11 is 0. The van der Waals surface area contributed by atoms with Crippen molar-refractivity contribution in [3.8, 4) is 55.6 Å². The van der Waals surface area contributed by atoms with Crippen LogP contribution in [0.2, 0.25) is 0 Å². The molecule has 2 aliphatic rings. The molecule has 0 unspecified atom stereocenters. The molecule has 3 nitrogen and oxygen atoms in total. The summed E-state index contributed by atoms with van der Waals surface area (Å²) in [5.41, 5.74) is 23.6. The fourth-order valence-corrected chi connectivity index (χ4v) is 12.2. The highest BCUT2D eigenvalue weighted by Gasteiger charge is 2.52. The third-order valence-electron chi connectivity index (χ3n) is 15.1. The lowest BCUT2D eigenvalue weighted by molar-refractivity contribution is 0.669. The third kappa shape index (κ3) is 5.46. The van der Waals surface area contributed by atoms with Crippen LogP contribution < -0.4 is 4.90 Å². The van der Waals surface area contributed by atoms with Gasteiger partial charge in [0.2, 0.25) is 0 Å². The van der Waals surface area contributed by atoms with Gasteiger partial charge in [-0.1, -0.05) is 200 Å². The molecule has 13 aromatic rings. The number of benzene rings is 11. The molecule has 0 N–H and O–H groups in total. The average molecular weight is 892 g/mol. The molecule has 326 valence electrons. The van der Waals surface area contributed by atoms with Crippen molar-refractivity contribution in [1.29, 1.82) is 0 Å². The van der Waals surface area contributed by atoms with Crippen LogP contribution in [0.1, 0.15) is 22.3 Å². The normalized spacial score (nSPS) is 13.0. The van der Waals surface area contributed by atoms with Crippen molar-refractivity contribution in [3.05, 3.63) is 271 Å². The maximum atomic E-state index is 6.50. The number of furan rings is 2. The summed E-state index contributed by atoms with van der Waals surface area (Å²) in [7, 11) is 0. The highest BCUT2D eigenvalue weighted by Crippen LogP contribution is 2.64. The Hall–Kier alpha value is -9.18. The van der Waals surface area contributed by atoms with Crippen LogP contribution in [-0.4, -0.2) is 0 Å². The van der Waals surface area contributed by atoms with Crippen molar-refractivity contribution in [2.45, 2.75) is 5.41 Å². The SMILES string of the molecule is c1cc(-c2cccc3c2-c2ccccc2C32c3ccccc3-c3ccccc32)cc(N(c2ccc(-c3cccc4c3oc3ccccc34)cc2)c2ccc(-c3cccc4c3oc3ccccc34)cc2)c1. The van der Waals surface area contributed by atoms with Gasteiger partial charge in [-0.25, -0.2) is 0 Å². The molecule has 2 heterocycles. The van der Waals surface area contributed by atoms with Gasteiger partial charge in [-0.3, -0.25) is 0 Å². The standard InChI is InChI=1S/C67H41NO2/c1-6-27-58-51(17-1)52-18-2-7-28-59(52)67(58)60-29-8-3-21-57(60)64-48(22-14-30-61(64)67)44-15-11-16-47(41-44)68(45-37-33-42(34-38-45)49-23-12-25-55-53-19-4-9-31-62(53)69-65(49)55)46-39-35-43(36-40-46)50-24-13-26-56-54-20-5-10-32-63(54)70-66(50)56/h1-41H. The molecule has 0 saturated heterocycles. The molecule has 0 amide bonds. The van der Waals surface area contributed by atoms with Crippen LogP contribution in [0.25, 0.3) is 99.5 Å². The topological polar surface area (TPSA) is 29.5 Å². The van der Waals surface area contributed by atoms with E-state index in [4.69, 9.17) is 8.83 Å². The molecule has 3 heteroatoms. The van der Waals surface area contributed by atoms with E-state index in [9.17, 15) is 0 Å². The van der Waals surface area contributed by atoms with Gasteiger partial charge >= 0.3 is 0 Å². The van der Waals surface area contributed by atoms with Crippen LogP contribution in [0.5, 0.6) is 0 Å². The number of anilines is 3. The molecular weight excluding hydrogens is 851 g/mol. The zero-order valence-corrected chi connectivity index (χ0v) is 37.9. The largest absolute Gasteiger partial charge is 0.455 e. The maximum Gasteiger partial charge on any atom is 0.143 e. The quantitative estimate of drug-likeness (QED) is 0.167. The zero-order chi connectivity index (χ0) is 45.9. The fraction of sp³-hybridized carbons (Fsp3) is 0.0149. The molecule has 70 heavy (non-hydrogen) atoms. The fourth-order valence-electron chi connectivity index (χ4n) is 12.2. The number of nitrogens with zero attached hydrogens (tertiary/aromatic N) is 1. The highest BCUT2D eigenvalue weighted by atomic mass is 16.3. The van der Waals surface area contributed by atoms with Crippen molar-refractivity contribution in [2.24, 2.45) is 0 Å². The summed E-state index contributed by atoms with van der Waals surface area (Å²) in [6.07, 6.45) is 0. The summed E-state index contributed by atoms with van der Waals surface area (Å²) in [5.74, 6) is 0. The summed E-state index contributed by atoms with van der Waals surface area (Å²) in [4.78, 5) is 2.38. The average Bonchev–Trinajstić information content (AvgIpc) is 4.18. The Kier molecular flexibility index (Phi) is 8.28. The summed E-state index contributed by atoms with van der Waals surface area (Å²) < 4.78 is 13.0. The minimum Gasteiger partial charge on any atom is -0.455 e. The molecule has 0 radical (unpaired) electrons. The van der Waals surface area contributed by atoms with Crippen molar-refractivity contribution >= 4 is 60.9 Å². The van der Waals surface area contributed by atoms with Crippen LogP contribution in [-0.2, 0) is 5.41 Å². The molecule has 2 aliphatic carbocycles. The van der Waals surface area contributed by atoms with E-state index in [1.54, 1.807) is 0 Å². The molecule has 0 bridgehead atoms. The van der Waals surface area contributed by atoms with Gasteiger partial charge in [0, 0.05) is 49.7 Å². The lowest BCUT2D eigenvalue weighted by atomic mass is 9.70. The molecule has 0 aliphatic heterocycles. The summed E-state index contributed by atoms with van der Waals surface area (Å²) in [6, 6.07) is 90.4. The first-order valence-electron chi connectivity index (χ1n) is 24.1. The number of rotatable bonds is 6. The number of hydrogen-bond donors (Lipinski definition) is 0. The smallest absolute Gasteiger partial charge is 0.143 e. The van der Waals surface area contributed by atoms with Crippen LogP contribution in [0.3, 0.4) is 0 Å². The Balaban J connectivity index is 0.888. The van der Waals surface area contributed by atoms with Crippen LogP contribution in [0.4, 0.5) is 17.1 Å². The van der Waals surface area contributed by atoms with Gasteiger partial charge in [-0.05, 0) is 115 Å². The van der Waals surface area contributed by atoms with E-state index < -0.39 is 5.41 Å². The Morgan fingerprint density at radius 1 is 0.271 bits per heavy atom. The van der Waals surface area contributed by atoms with Gasteiger partial charge in [0.15, 0.2) is 0 Å². The molecule has 2 aromatic heterocycles. The van der Waals surface area contributed by atoms with E-state index in [1.165, 1.54) is 50.1 Å². The van der Waals surface area contributed by atoms with Gasteiger partial charge in [0.05, 0.1) is 5.41 Å². The van der Waals surface area contributed by atoms with Crippen LogP contribution >= 0.6 is 0 Å². The van der Waals surface area contributed by atoms with Crippen molar-refractivity contribution < 1.29 is 8.83 Å². The highest BCUT2D eigenvalue weighted by molar-refractivity contribution is 6.11. The number of para-hydroxylation sites is 4. The first-order chi connectivity index (χ1) is 34.7. The van der Waals surface area contributed by atoms with E-state index >= 15 is 0 Å². The van der Waals surface area contributed by atoms with E-state index in [0.717, 1.165) is 88.8 Å². The first kappa shape index (κ1) is 38.9. The number of fused-ring (bicyclic) bond motifs is 16. The second-order valence-electron chi connectivity index (χ2n) is 18.7. The predicted molar refractivity (Wildman–Crippen MR) is 288 cm³/mol. The second kappa shape index (κ2) is 14.9. The summed E-state index contributed by atoms with van der Waals surface area (Å²) in [6.45, 7) is 0. The first-order valence-corrected chi connectivity index (χ1v) is 24.1. The van der Waals surface area contributed by atoms with Crippen molar-refractivity contribution in [2.75, 3.05) is 4.90 Å². The Bertz CT molecular complexity index is 4040. The number of hydrogen-bond acceptors (Lipinski definition) is 3.